The van der Waals surface area contributed by atoms with E-state index in [1.807, 2.05) is 11.9 Å². The molecular weight excluding hydrogens is 146 g/mol. The van der Waals surface area contributed by atoms with Gasteiger partial charge in [-0.25, -0.2) is 0 Å². The maximum Gasteiger partial charge on any atom is 0.0926 e. The minimum absolute atomic E-state index is 0.00611. The second-order valence-electron chi connectivity index (χ2n) is 3.15. The summed E-state index contributed by atoms with van der Waals surface area (Å²) in [6, 6.07) is -0.00611. The average molecular weight is 161 g/mol. The molecule has 1 aliphatic heterocycles. The average Bonchev–Trinajstić information content (AvgIpc) is 1.97. The summed E-state index contributed by atoms with van der Waals surface area (Å²) in [4.78, 5) is 1.86. The molecule has 0 saturated carbocycles. The number of aliphatic hydroxyl groups excluding tert-OH is 3. The highest BCUT2D eigenvalue weighted by Gasteiger charge is 2.30. The smallest absolute Gasteiger partial charge is 0.0926 e. The molecular formula is C7H15NO3. The number of β-amino-alcohol motifs (C(OH)–C–C–N with tert-alkyl or cyclic N) is 1. The lowest BCUT2D eigenvalue weighted by atomic mass is 9.98. The molecule has 0 aliphatic carbocycles. The van der Waals surface area contributed by atoms with Crippen molar-refractivity contribution in [3.63, 3.8) is 0 Å². The van der Waals surface area contributed by atoms with Gasteiger partial charge in [0, 0.05) is 12.6 Å². The molecule has 1 unspecified atom stereocenters. The van der Waals surface area contributed by atoms with Crippen molar-refractivity contribution in [3.05, 3.63) is 0 Å². The van der Waals surface area contributed by atoms with Crippen molar-refractivity contribution in [1.82, 2.24) is 4.90 Å². The van der Waals surface area contributed by atoms with Crippen LogP contribution >= 0.6 is 0 Å². The Morgan fingerprint density at radius 1 is 1.36 bits per heavy atom. The number of nitrogens with zero attached hydrogens (tertiary/aromatic N) is 1. The number of likely N-dealkylation sites (N-methyl/N-ethyl adjacent to an activating group) is 1. The summed E-state index contributed by atoms with van der Waals surface area (Å²) in [5.74, 6) is 0. The third-order valence-corrected chi connectivity index (χ3v) is 2.27. The SMILES string of the molecule is CN1C[C@H](O)C(O)C[C@@H]1CO. The van der Waals surface area contributed by atoms with E-state index in [2.05, 4.69) is 0 Å². The third kappa shape index (κ3) is 1.90. The molecule has 4 nitrogen and oxygen atoms in total. The normalized spacial score (nSPS) is 40.9. The molecule has 0 aromatic rings. The van der Waals surface area contributed by atoms with Crippen LogP contribution in [0.2, 0.25) is 0 Å². The molecule has 0 spiro atoms. The Hall–Kier alpha value is -0.160. The summed E-state index contributed by atoms with van der Waals surface area (Å²) >= 11 is 0. The second-order valence-corrected chi connectivity index (χ2v) is 3.15. The molecule has 0 aromatic carbocycles. The zero-order chi connectivity index (χ0) is 8.43. The van der Waals surface area contributed by atoms with Gasteiger partial charge in [0.25, 0.3) is 0 Å². The number of hydrogen-bond donors (Lipinski definition) is 3. The standard InChI is InChI=1S/C7H15NO3/c1-8-3-7(11)6(10)2-5(8)4-9/h5-7,9-11H,2-4H2,1H3/t5-,6?,7+/m1/s1. The van der Waals surface area contributed by atoms with Gasteiger partial charge in [0.2, 0.25) is 0 Å². The molecule has 0 radical (unpaired) electrons. The molecule has 0 amide bonds. The molecule has 0 bridgehead atoms. The number of likely N-dealkylation sites (tertiary alicyclic amines) is 1. The maximum absolute atomic E-state index is 9.21. The zero-order valence-electron chi connectivity index (χ0n) is 6.64. The number of aliphatic hydroxyl groups is 3. The fourth-order valence-corrected chi connectivity index (χ4v) is 1.40. The van der Waals surface area contributed by atoms with E-state index in [0.29, 0.717) is 13.0 Å². The lowest BCUT2D eigenvalue weighted by Crippen LogP contribution is -2.51. The Morgan fingerprint density at radius 2 is 2.00 bits per heavy atom. The Kier molecular flexibility index (Phi) is 2.84. The van der Waals surface area contributed by atoms with Crippen molar-refractivity contribution in [1.29, 1.82) is 0 Å². The summed E-state index contributed by atoms with van der Waals surface area (Å²) in [6.45, 7) is 0.479. The van der Waals surface area contributed by atoms with E-state index in [1.54, 1.807) is 0 Å². The van der Waals surface area contributed by atoms with Gasteiger partial charge in [0.15, 0.2) is 0 Å². The Morgan fingerprint density at radius 3 is 2.55 bits per heavy atom. The summed E-state index contributed by atoms with van der Waals surface area (Å²) in [6.07, 6.45) is -0.889. The highest BCUT2D eigenvalue weighted by molar-refractivity contribution is 4.84. The summed E-state index contributed by atoms with van der Waals surface area (Å²) in [5, 5.41) is 27.2. The van der Waals surface area contributed by atoms with E-state index in [-0.39, 0.29) is 12.6 Å². The van der Waals surface area contributed by atoms with Gasteiger partial charge in [0.1, 0.15) is 0 Å². The first-order chi connectivity index (χ1) is 5.15. The topological polar surface area (TPSA) is 63.9 Å². The van der Waals surface area contributed by atoms with E-state index >= 15 is 0 Å². The van der Waals surface area contributed by atoms with Gasteiger partial charge in [-0.2, -0.15) is 0 Å². The molecule has 0 aromatic heterocycles. The summed E-state index contributed by atoms with van der Waals surface area (Å²) in [7, 11) is 1.83. The van der Waals surface area contributed by atoms with E-state index in [4.69, 9.17) is 5.11 Å². The molecule has 1 heterocycles. The van der Waals surface area contributed by atoms with Gasteiger partial charge >= 0.3 is 0 Å². The van der Waals surface area contributed by atoms with Gasteiger partial charge in [-0.05, 0) is 13.5 Å². The highest BCUT2D eigenvalue weighted by atomic mass is 16.3. The molecule has 3 atom stereocenters. The number of piperidine rings is 1. The minimum Gasteiger partial charge on any atom is -0.395 e. The Balaban J connectivity index is 2.48. The monoisotopic (exact) mass is 161 g/mol. The van der Waals surface area contributed by atoms with Crippen LogP contribution in [0.15, 0.2) is 0 Å². The van der Waals surface area contributed by atoms with Gasteiger partial charge in [-0.1, -0.05) is 0 Å². The minimum atomic E-state index is -0.677. The van der Waals surface area contributed by atoms with Crippen LogP contribution in [0, 0.1) is 0 Å². The van der Waals surface area contributed by atoms with E-state index < -0.39 is 12.2 Å². The summed E-state index contributed by atoms with van der Waals surface area (Å²) < 4.78 is 0. The van der Waals surface area contributed by atoms with E-state index in [0.717, 1.165) is 0 Å². The van der Waals surface area contributed by atoms with Crippen LogP contribution in [0.1, 0.15) is 6.42 Å². The van der Waals surface area contributed by atoms with Crippen molar-refractivity contribution in [3.8, 4) is 0 Å². The van der Waals surface area contributed by atoms with Crippen LogP contribution in [0.25, 0.3) is 0 Å². The Labute approximate surface area is 66.1 Å². The number of rotatable bonds is 1. The van der Waals surface area contributed by atoms with Crippen LogP contribution in [-0.4, -0.2) is 58.7 Å². The molecule has 1 rings (SSSR count). The highest BCUT2D eigenvalue weighted by Crippen LogP contribution is 2.15. The van der Waals surface area contributed by atoms with Crippen LogP contribution in [-0.2, 0) is 0 Å². The third-order valence-electron chi connectivity index (χ3n) is 2.27. The Bertz CT molecular complexity index is 131. The van der Waals surface area contributed by atoms with E-state index in [1.165, 1.54) is 0 Å². The van der Waals surface area contributed by atoms with Crippen LogP contribution in [0.3, 0.4) is 0 Å². The molecule has 11 heavy (non-hydrogen) atoms. The predicted octanol–water partition coefficient (Wildman–Crippen LogP) is -1.60. The first-order valence-electron chi connectivity index (χ1n) is 3.82. The molecule has 4 heteroatoms. The second kappa shape index (κ2) is 3.49. The fraction of sp³-hybridized carbons (Fsp3) is 1.00. The van der Waals surface area contributed by atoms with Gasteiger partial charge in [0.05, 0.1) is 18.8 Å². The molecule has 1 saturated heterocycles. The molecule has 3 N–H and O–H groups in total. The lowest BCUT2D eigenvalue weighted by Gasteiger charge is -2.37. The van der Waals surface area contributed by atoms with Crippen LogP contribution in [0.4, 0.5) is 0 Å². The largest absolute Gasteiger partial charge is 0.395 e. The van der Waals surface area contributed by atoms with Crippen molar-refractivity contribution in [2.24, 2.45) is 0 Å². The van der Waals surface area contributed by atoms with Crippen molar-refractivity contribution in [2.45, 2.75) is 24.7 Å². The van der Waals surface area contributed by atoms with Crippen molar-refractivity contribution in [2.75, 3.05) is 20.2 Å². The van der Waals surface area contributed by atoms with Gasteiger partial charge < -0.3 is 15.3 Å². The van der Waals surface area contributed by atoms with Gasteiger partial charge in [-0.3, -0.25) is 4.90 Å². The quantitative estimate of drug-likeness (QED) is 0.433. The number of hydrogen-bond acceptors (Lipinski definition) is 4. The zero-order valence-corrected chi connectivity index (χ0v) is 6.64. The summed E-state index contributed by atoms with van der Waals surface area (Å²) in [5.41, 5.74) is 0. The molecule has 1 aliphatic rings. The first-order valence-corrected chi connectivity index (χ1v) is 3.82. The maximum atomic E-state index is 9.21. The lowest BCUT2D eigenvalue weighted by molar-refractivity contribution is -0.0626. The van der Waals surface area contributed by atoms with Crippen LogP contribution < -0.4 is 0 Å². The van der Waals surface area contributed by atoms with Gasteiger partial charge in [-0.15, -0.1) is 0 Å². The fourth-order valence-electron chi connectivity index (χ4n) is 1.40. The van der Waals surface area contributed by atoms with Crippen LogP contribution in [0.5, 0.6) is 0 Å². The first kappa shape index (κ1) is 8.93. The molecule has 66 valence electrons. The van der Waals surface area contributed by atoms with Crippen molar-refractivity contribution >= 4 is 0 Å². The van der Waals surface area contributed by atoms with E-state index in [9.17, 15) is 10.2 Å². The molecule has 1 fully saturated rings. The van der Waals surface area contributed by atoms with Crippen molar-refractivity contribution < 1.29 is 15.3 Å². The predicted molar refractivity (Wildman–Crippen MR) is 40.1 cm³/mol.